The van der Waals surface area contributed by atoms with Crippen molar-refractivity contribution in [1.29, 1.82) is 0 Å². The van der Waals surface area contributed by atoms with Crippen molar-refractivity contribution < 1.29 is 0 Å². The predicted molar refractivity (Wildman–Crippen MR) is 51.5 cm³/mol. The Morgan fingerprint density at radius 3 is 2.36 bits per heavy atom. The summed E-state index contributed by atoms with van der Waals surface area (Å²) < 4.78 is 0. The number of nitrogens with two attached hydrogens (primary N) is 1. The molecule has 0 rings (SSSR count). The van der Waals surface area contributed by atoms with Crippen LogP contribution in [0.1, 0.15) is 39.5 Å². The fourth-order valence-corrected chi connectivity index (χ4v) is 0.976. The third-order valence-electron chi connectivity index (χ3n) is 1.65. The normalized spacial score (nSPS) is 11.6. The summed E-state index contributed by atoms with van der Waals surface area (Å²) in [5.74, 6) is 0.845. The van der Waals surface area contributed by atoms with Crippen LogP contribution >= 0.6 is 0 Å². The number of allylic oxidation sites excluding steroid dienone is 1. The van der Waals surface area contributed by atoms with Crippen LogP contribution in [0.15, 0.2) is 12.2 Å². The highest BCUT2D eigenvalue weighted by Gasteiger charge is 1.90. The lowest BCUT2D eigenvalue weighted by Gasteiger charge is -2.00. The van der Waals surface area contributed by atoms with Gasteiger partial charge in [0.15, 0.2) is 0 Å². The lowest BCUT2D eigenvalue weighted by molar-refractivity contribution is 0.559. The van der Waals surface area contributed by atoms with Crippen molar-refractivity contribution >= 4 is 0 Å². The van der Waals surface area contributed by atoms with Gasteiger partial charge in [-0.2, -0.15) is 0 Å². The van der Waals surface area contributed by atoms with Crippen molar-refractivity contribution in [3.05, 3.63) is 12.2 Å². The fourth-order valence-electron chi connectivity index (χ4n) is 0.976. The quantitative estimate of drug-likeness (QED) is 0.463. The highest BCUT2D eigenvalue weighted by atomic mass is 14.5. The van der Waals surface area contributed by atoms with E-state index in [0.717, 1.165) is 18.9 Å². The molecule has 2 N–H and O–H groups in total. The van der Waals surface area contributed by atoms with E-state index in [0.29, 0.717) is 0 Å². The third-order valence-corrected chi connectivity index (χ3v) is 1.65. The molecule has 0 bridgehead atoms. The van der Waals surface area contributed by atoms with Crippen LogP contribution in [0.2, 0.25) is 0 Å². The van der Waals surface area contributed by atoms with Gasteiger partial charge in [0.05, 0.1) is 0 Å². The van der Waals surface area contributed by atoms with Gasteiger partial charge in [-0.05, 0) is 31.7 Å². The zero-order chi connectivity index (χ0) is 8.53. The van der Waals surface area contributed by atoms with Crippen molar-refractivity contribution in [2.45, 2.75) is 39.5 Å². The van der Waals surface area contributed by atoms with Gasteiger partial charge in [-0.1, -0.05) is 32.4 Å². The molecule has 0 aliphatic heterocycles. The van der Waals surface area contributed by atoms with Gasteiger partial charge in [0.25, 0.3) is 0 Å². The second kappa shape index (κ2) is 7.80. The minimum absolute atomic E-state index is 0.778. The van der Waals surface area contributed by atoms with E-state index in [9.17, 15) is 0 Å². The van der Waals surface area contributed by atoms with Crippen LogP contribution < -0.4 is 5.73 Å². The standard InChI is InChI=1S/C10H21N/c1-10(2)8-6-4-3-5-7-9-11/h3,5,10H,4,6-9,11H2,1-2H3/b5-3+. The average Bonchev–Trinajstić information content (AvgIpc) is 1.96. The Bertz CT molecular complexity index is 95.0. The number of hydrogen-bond acceptors (Lipinski definition) is 1. The van der Waals surface area contributed by atoms with Crippen LogP contribution in [0.4, 0.5) is 0 Å². The van der Waals surface area contributed by atoms with Crippen molar-refractivity contribution in [3.8, 4) is 0 Å². The van der Waals surface area contributed by atoms with E-state index in [2.05, 4.69) is 26.0 Å². The monoisotopic (exact) mass is 155 g/mol. The molecule has 0 aromatic heterocycles. The summed E-state index contributed by atoms with van der Waals surface area (Å²) in [6.45, 7) is 5.31. The molecule has 0 fully saturated rings. The molecular formula is C10H21N. The minimum atomic E-state index is 0.778. The Labute approximate surface area is 70.7 Å². The topological polar surface area (TPSA) is 26.0 Å². The largest absolute Gasteiger partial charge is 0.330 e. The third kappa shape index (κ3) is 9.70. The summed E-state index contributed by atoms with van der Waals surface area (Å²) in [5, 5.41) is 0. The highest BCUT2D eigenvalue weighted by Crippen LogP contribution is 2.06. The SMILES string of the molecule is CC(C)CCC/C=C/CCN. The van der Waals surface area contributed by atoms with Gasteiger partial charge in [0, 0.05) is 0 Å². The lowest BCUT2D eigenvalue weighted by atomic mass is 10.1. The second-order valence-electron chi connectivity index (χ2n) is 3.37. The van der Waals surface area contributed by atoms with E-state index >= 15 is 0 Å². The Balaban J connectivity index is 3.01. The maximum atomic E-state index is 5.34. The summed E-state index contributed by atoms with van der Waals surface area (Å²) in [6.07, 6.45) is 9.33. The lowest BCUT2D eigenvalue weighted by Crippen LogP contribution is -1.95. The smallest absolute Gasteiger partial charge is 0.00426 e. The van der Waals surface area contributed by atoms with Crippen LogP contribution in [-0.2, 0) is 0 Å². The van der Waals surface area contributed by atoms with Gasteiger partial charge in [-0.15, -0.1) is 0 Å². The van der Waals surface area contributed by atoms with Gasteiger partial charge in [0.1, 0.15) is 0 Å². The van der Waals surface area contributed by atoms with E-state index in [4.69, 9.17) is 5.73 Å². The zero-order valence-corrected chi connectivity index (χ0v) is 7.84. The van der Waals surface area contributed by atoms with Crippen molar-refractivity contribution in [2.75, 3.05) is 6.54 Å². The van der Waals surface area contributed by atoms with Gasteiger partial charge in [0.2, 0.25) is 0 Å². The maximum absolute atomic E-state index is 5.34. The summed E-state index contributed by atoms with van der Waals surface area (Å²) in [6, 6.07) is 0. The van der Waals surface area contributed by atoms with Crippen molar-refractivity contribution in [3.63, 3.8) is 0 Å². The maximum Gasteiger partial charge on any atom is -0.00426 e. The summed E-state index contributed by atoms with van der Waals surface area (Å²) in [7, 11) is 0. The molecule has 66 valence electrons. The van der Waals surface area contributed by atoms with Crippen LogP contribution in [0.5, 0.6) is 0 Å². The number of hydrogen-bond donors (Lipinski definition) is 1. The van der Waals surface area contributed by atoms with Crippen LogP contribution in [0.25, 0.3) is 0 Å². The molecule has 0 aromatic rings. The minimum Gasteiger partial charge on any atom is -0.330 e. The number of unbranched alkanes of at least 4 members (excludes halogenated alkanes) is 1. The Morgan fingerprint density at radius 2 is 1.82 bits per heavy atom. The van der Waals surface area contributed by atoms with E-state index in [1.807, 2.05) is 0 Å². The molecule has 1 nitrogen and oxygen atoms in total. The fraction of sp³-hybridized carbons (Fsp3) is 0.800. The predicted octanol–water partition coefficient (Wildman–Crippen LogP) is 2.72. The molecule has 0 spiro atoms. The summed E-state index contributed by atoms with van der Waals surface area (Å²) in [5.41, 5.74) is 5.34. The first-order chi connectivity index (χ1) is 5.27. The molecule has 0 unspecified atom stereocenters. The first kappa shape index (κ1) is 10.7. The molecule has 0 saturated heterocycles. The number of rotatable bonds is 6. The van der Waals surface area contributed by atoms with Crippen LogP contribution in [0.3, 0.4) is 0 Å². The highest BCUT2D eigenvalue weighted by molar-refractivity contribution is 4.81. The Morgan fingerprint density at radius 1 is 1.18 bits per heavy atom. The van der Waals surface area contributed by atoms with E-state index in [1.165, 1.54) is 19.3 Å². The molecule has 11 heavy (non-hydrogen) atoms. The second-order valence-corrected chi connectivity index (χ2v) is 3.37. The molecule has 0 heterocycles. The molecule has 0 saturated carbocycles. The van der Waals surface area contributed by atoms with Crippen molar-refractivity contribution in [1.82, 2.24) is 0 Å². The molecule has 0 aromatic carbocycles. The molecule has 0 amide bonds. The average molecular weight is 155 g/mol. The van der Waals surface area contributed by atoms with Crippen LogP contribution in [-0.4, -0.2) is 6.54 Å². The molecule has 0 aliphatic carbocycles. The van der Waals surface area contributed by atoms with Gasteiger partial charge >= 0.3 is 0 Å². The van der Waals surface area contributed by atoms with E-state index < -0.39 is 0 Å². The van der Waals surface area contributed by atoms with Gasteiger partial charge < -0.3 is 5.73 Å². The zero-order valence-electron chi connectivity index (χ0n) is 7.84. The Hall–Kier alpha value is -0.300. The van der Waals surface area contributed by atoms with Gasteiger partial charge in [-0.3, -0.25) is 0 Å². The van der Waals surface area contributed by atoms with Gasteiger partial charge in [-0.25, -0.2) is 0 Å². The molecule has 0 radical (unpaired) electrons. The summed E-state index contributed by atoms with van der Waals surface area (Å²) in [4.78, 5) is 0. The molecule has 0 atom stereocenters. The molecule has 1 heteroatoms. The van der Waals surface area contributed by atoms with Crippen LogP contribution in [0, 0.1) is 5.92 Å². The van der Waals surface area contributed by atoms with E-state index in [1.54, 1.807) is 0 Å². The van der Waals surface area contributed by atoms with E-state index in [-0.39, 0.29) is 0 Å². The molecule has 0 aliphatic rings. The molecular weight excluding hydrogens is 134 g/mol. The Kier molecular flexibility index (Phi) is 7.59. The first-order valence-corrected chi connectivity index (χ1v) is 4.62. The van der Waals surface area contributed by atoms with Crippen molar-refractivity contribution in [2.24, 2.45) is 11.7 Å². The summed E-state index contributed by atoms with van der Waals surface area (Å²) >= 11 is 0. The first-order valence-electron chi connectivity index (χ1n) is 4.62.